The van der Waals surface area contributed by atoms with Crippen LogP contribution in [0.2, 0.25) is 0 Å². The molecule has 0 saturated heterocycles. The maximum absolute atomic E-state index is 12.1. The molecule has 0 unspecified atom stereocenters. The average Bonchev–Trinajstić information content (AvgIpc) is 1.88. The molecule has 47 valence electrons. The average molecular weight is 126 g/mol. The summed E-state index contributed by atoms with van der Waals surface area (Å²) in [7, 11) is 1.41. The van der Waals surface area contributed by atoms with Crippen molar-refractivity contribution in [3.63, 3.8) is 0 Å². The highest BCUT2D eigenvalue weighted by molar-refractivity contribution is 5.07. The van der Waals surface area contributed by atoms with Gasteiger partial charge in [0, 0.05) is 6.07 Å². The van der Waals surface area contributed by atoms with E-state index in [2.05, 4.69) is 15.8 Å². The maximum atomic E-state index is 12.1. The Morgan fingerprint density at radius 1 is 1.78 bits per heavy atom. The summed E-state index contributed by atoms with van der Waals surface area (Å²) in [5, 5.41) is 0. The van der Waals surface area contributed by atoms with Crippen molar-refractivity contribution in [2.75, 3.05) is 7.11 Å². The molecule has 2 nitrogen and oxygen atoms in total. The van der Waals surface area contributed by atoms with Crippen LogP contribution in [0.5, 0.6) is 5.88 Å². The topological polar surface area (TPSA) is 22.1 Å². The summed E-state index contributed by atoms with van der Waals surface area (Å²) in [6.07, 6.45) is 0. The van der Waals surface area contributed by atoms with Crippen molar-refractivity contribution in [1.29, 1.82) is 0 Å². The number of hydrogen-bond acceptors (Lipinski definition) is 2. The lowest BCUT2D eigenvalue weighted by molar-refractivity contribution is 0.386. The van der Waals surface area contributed by atoms with E-state index in [9.17, 15) is 4.39 Å². The van der Waals surface area contributed by atoms with Crippen LogP contribution in [0.15, 0.2) is 12.1 Å². The van der Waals surface area contributed by atoms with Gasteiger partial charge < -0.3 is 4.74 Å². The van der Waals surface area contributed by atoms with Gasteiger partial charge in [0.15, 0.2) is 0 Å². The van der Waals surface area contributed by atoms with Crippen molar-refractivity contribution in [3.8, 4) is 5.88 Å². The van der Waals surface area contributed by atoms with Gasteiger partial charge in [-0.05, 0) is 12.1 Å². The molecular weight excluding hydrogens is 121 g/mol. The monoisotopic (exact) mass is 126 g/mol. The second-order valence-electron chi connectivity index (χ2n) is 1.42. The van der Waals surface area contributed by atoms with Gasteiger partial charge in [-0.2, -0.15) is 9.37 Å². The van der Waals surface area contributed by atoms with E-state index in [1.807, 2.05) is 0 Å². The molecule has 0 amide bonds. The summed E-state index contributed by atoms with van der Waals surface area (Å²) < 4.78 is 16.7. The van der Waals surface area contributed by atoms with Crippen LogP contribution < -0.4 is 4.74 Å². The third kappa shape index (κ3) is 1.38. The smallest absolute Gasteiger partial charge is 0.223 e. The molecule has 1 aromatic heterocycles. The molecule has 0 bridgehead atoms. The molecule has 1 rings (SSSR count). The third-order valence-corrected chi connectivity index (χ3v) is 0.829. The summed E-state index contributed by atoms with van der Waals surface area (Å²) in [4.78, 5) is 3.35. The van der Waals surface area contributed by atoms with Crippen LogP contribution in [-0.2, 0) is 0 Å². The van der Waals surface area contributed by atoms with E-state index in [1.54, 1.807) is 0 Å². The zero-order chi connectivity index (χ0) is 6.69. The first-order valence-corrected chi connectivity index (χ1v) is 2.41. The van der Waals surface area contributed by atoms with Gasteiger partial charge in [0.1, 0.15) is 0 Å². The summed E-state index contributed by atoms with van der Waals surface area (Å²) in [6.45, 7) is 0. The molecular formula is C6H5FNO. The van der Waals surface area contributed by atoms with Crippen LogP contribution in [0.25, 0.3) is 0 Å². The second-order valence-corrected chi connectivity index (χ2v) is 1.42. The van der Waals surface area contributed by atoms with Crippen LogP contribution >= 0.6 is 0 Å². The van der Waals surface area contributed by atoms with E-state index in [-0.39, 0.29) is 5.88 Å². The van der Waals surface area contributed by atoms with Crippen molar-refractivity contribution in [2.24, 2.45) is 0 Å². The fourth-order valence-electron chi connectivity index (χ4n) is 0.453. The summed E-state index contributed by atoms with van der Waals surface area (Å²) in [6, 6.07) is 5.21. The van der Waals surface area contributed by atoms with Gasteiger partial charge in [-0.15, -0.1) is 0 Å². The lowest BCUT2D eigenvalue weighted by Crippen LogP contribution is -1.88. The predicted octanol–water partition coefficient (Wildman–Crippen LogP) is 1.03. The highest BCUT2D eigenvalue weighted by Crippen LogP contribution is 2.02. The molecule has 1 radical (unpaired) electrons. The molecule has 0 aliphatic rings. The molecule has 1 heterocycles. The minimum Gasteiger partial charge on any atom is -0.480 e. The molecule has 0 saturated carbocycles. The Morgan fingerprint density at radius 3 is 3.00 bits per heavy atom. The first-order valence-electron chi connectivity index (χ1n) is 2.41. The fraction of sp³-hybridized carbons (Fsp3) is 0.167. The quantitative estimate of drug-likeness (QED) is 0.524. The number of rotatable bonds is 1. The standard InChI is InChI=1S/C6H5FNO/c1-9-6-4-2-3-5(7)8-6/h2-3H,1H3. The Bertz CT molecular complexity index is 202. The van der Waals surface area contributed by atoms with E-state index in [0.717, 1.165) is 0 Å². The Morgan fingerprint density at radius 2 is 2.56 bits per heavy atom. The molecule has 9 heavy (non-hydrogen) atoms. The van der Waals surface area contributed by atoms with Crippen molar-refractivity contribution in [3.05, 3.63) is 24.1 Å². The number of nitrogens with zero attached hydrogens (tertiary/aromatic N) is 1. The highest BCUT2D eigenvalue weighted by Gasteiger charge is 1.92. The van der Waals surface area contributed by atoms with Crippen LogP contribution in [0.3, 0.4) is 0 Å². The van der Waals surface area contributed by atoms with Crippen molar-refractivity contribution >= 4 is 0 Å². The highest BCUT2D eigenvalue weighted by atomic mass is 19.1. The van der Waals surface area contributed by atoms with Gasteiger partial charge in [0.2, 0.25) is 11.8 Å². The Kier molecular flexibility index (Phi) is 1.63. The molecule has 0 N–H and O–H groups in total. The number of pyridine rings is 1. The number of aromatic nitrogens is 1. The van der Waals surface area contributed by atoms with Gasteiger partial charge in [0.05, 0.1) is 7.11 Å². The van der Waals surface area contributed by atoms with Crippen molar-refractivity contribution < 1.29 is 9.13 Å². The van der Waals surface area contributed by atoms with Crippen molar-refractivity contribution in [2.45, 2.75) is 0 Å². The van der Waals surface area contributed by atoms with Gasteiger partial charge in [0.25, 0.3) is 0 Å². The summed E-state index contributed by atoms with van der Waals surface area (Å²) >= 11 is 0. The fourth-order valence-corrected chi connectivity index (χ4v) is 0.453. The van der Waals surface area contributed by atoms with Crippen LogP contribution in [-0.4, -0.2) is 12.1 Å². The first-order chi connectivity index (χ1) is 4.33. The lowest BCUT2D eigenvalue weighted by Gasteiger charge is -1.93. The van der Waals surface area contributed by atoms with Crippen LogP contribution in [0, 0.1) is 12.0 Å². The van der Waals surface area contributed by atoms with Gasteiger partial charge in [-0.1, -0.05) is 0 Å². The number of hydrogen-bond donors (Lipinski definition) is 0. The molecule has 0 spiro atoms. The van der Waals surface area contributed by atoms with Gasteiger partial charge >= 0.3 is 0 Å². The normalized spacial score (nSPS) is 9.11. The summed E-state index contributed by atoms with van der Waals surface area (Å²) in [5.41, 5.74) is 0. The van der Waals surface area contributed by atoms with E-state index in [0.29, 0.717) is 0 Å². The number of halogens is 1. The predicted molar refractivity (Wildman–Crippen MR) is 29.6 cm³/mol. The Balaban J connectivity index is 2.94. The SMILES string of the molecule is COc1[c]ccc(F)n1. The Labute approximate surface area is 52.3 Å². The van der Waals surface area contributed by atoms with E-state index in [4.69, 9.17) is 0 Å². The van der Waals surface area contributed by atoms with E-state index < -0.39 is 5.95 Å². The largest absolute Gasteiger partial charge is 0.480 e. The van der Waals surface area contributed by atoms with E-state index in [1.165, 1.54) is 19.2 Å². The maximum Gasteiger partial charge on any atom is 0.223 e. The number of methoxy groups -OCH3 is 1. The van der Waals surface area contributed by atoms with E-state index >= 15 is 0 Å². The number of ether oxygens (including phenoxy) is 1. The Hall–Kier alpha value is -1.12. The van der Waals surface area contributed by atoms with Crippen LogP contribution in [0.1, 0.15) is 0 Å². The van der Waals surface area contributed by atoms with Crippen molar-refractivity contribution in [1.82, 2.24) is 4.98 Å². The molecule has 0 atom stereocenters. The lowest BCUT2D eigenvalue weighted by atomic mass is 10.5. The first kappa shape index (κ1) is 6.01. The summed E-state index contributed by atoms with van der Waals surface area (Å²) in [5.74, 6) is -0.374. The second kappa shape index (κ2) is 2.44. The molecule has 0 aliphatic carbocycles. The van der Waals surface area contributed by atoms with Gasteiger partial charge in [-0.25, -0.2) is 0 Å². The minimum absolute atomic E-state index is 0.176. The molecule has 0 aliphatic heterocycles. The zero-order valence-electron chi connectivity index (χ0n) is 4.89. The van der Waals surface area contributed by atoms with Gasteiger partial charge in [-0.3, -0.25) is 0 Å². The third-order valence-electron chi connectivity index (χ3n) is 0.829. The molecule has 1 aromatic rings. The minimum atomic E-state index is -0.550. The molecule has 0 aromatic carbocycles. The zero-order valence-corrected chi connectivity index (χ0v) is 4.89. The van der Waals surface area contributed by atoms with Crippen LogP contribution in [0.4, 0.5) is 4.39 Å². The molecule has 0 fully saturated rings. The molecule has 3 heteroatoms.